The molecule has 0 saturated heterocycles. The number of anilines is 3. The first-order valence-corrected chi connectivity index (χ1v) is 10.9. The summed E-state index contributed by atoms with van der Waals surface area (Å²) in [5.74, 6) is -0.925. The minimum Gasteiger partial charge on any atom is -0.497 e. The van der Waals surface area contributed by atoms with Crippen molar-refractivity contribution in [1.29, 1.82) is 0 Å². The molecule has 0 atom stereocenters. The van der Waals surface area contributed by atoms with Crippen molar-refractivity contribution in [1.82, 2.24) is 0 Å². The summed E-state index contributed by atoms with van der Waals surface area (Å²) >= 11 is 12.1. The normalized spacial score (nSPS) is 13.4. The third kappa shape index (κ3) is 4.62. The predicted octanol–water partition coefficient (Wildman–Crippen LogP) is 5.35. The summed E-state index contributed by atoms with van der Waals surface area (Å²) in [5.41, 5.74) is 2.45. The van der Waals surface area contributed by atoms with Gasteiger partial charge in [-0.15, -0.1) is 0 Å². The van der Waals surface area contributed by atoms with Crippen LogP contribution in [0.1, 0.15) is 15.9 Å². The van der Waals surface area contributed by atoms with E-state index < -0.39 is 11.8 Å². The number of aryl methyl sites for hydroxylation is 1. The van der Waals surface area contributed by atoms with E-state index >= 15 is 0 Å². The fourth-order valence-corrected chi connectivity index (χ4v) is 3.68. The first kappa shape index (κ1) is 23.4. The van der Waals surface area contributed by atoms with Crippen molar-refractivity contribution in [3.8, 4) is 5.75 Å². The molecule has 0 fully saturated rings. The van der Waals surface area contributed by atoms with E-state index in [4.69, 9.17) is 27.9 Å². The highest BCUT2D eigenvalue weighted by Gasteiger charge is 2.39. The monoisotopic (exact) mass is 495 g/mol. The summed E-state index contributed by atoms with van der Waals surface area (Å²) in [7, 11) is 1.56. The highest BCUT2D eigenvalue weighted by atomic mass is 35.5. The van der Waals surface area contributed by atoms with Crippen LogP contribution in [0.2, 0.25) is 5.02 Å². The van der Waals surface area contributed by atoms with Crippen molar-refractivity contribution in [3.05, 3.63) is 93.6 Å². The number of nitrogens with zero attached hydrogens (tertiary/aromatic N) is 1. The molecule has 34 heavy (non-hydrogen) atoms. The lowest BCUT2D eigenvalue weighted by atomic mass is 10.1. The summed E-state index contributed by atoms with van der Waals surface area (Å²) in [6.07, 6.45) is 0. The maximum Gasteiger partial charge on any atom is 0.283 e. The van der Waals surface area contributed by atoms with E-state index in [2.05, 4.69) is 10.6 Å². The summed E-state index contributed by atoms with van der Waals surface area (Å²) in [4.78, 5) is 39.4. The number of rotatable bonds is 6. The molecule has 0 unspecified atom stereocenters. The summed E-state index contributed by atoms with van der Waals surface area (Å²) < 4.78 is 5.12. The van der Waals surface area contributed by atoms with Crippen LogP contribution < -0.4 is 20.3 Å². The minimum atomic E-state index is -0.650. The van der Waals surface area contributed by atoms with E-state index in [0.29, 0.717) is 33.4 Å². The lowest BCUT2D eigenvalue weighted by Crippen LogP contribution is -2.32. The zero-order chi connectivity index (χ0) is 24.4. The lowest BCUT2D eigenvalue weighted by Gasteiger charge is -2.16. The third-order valence-electron chi connectivity index (χ3n) is 5.22. The molecule has 4 rings (SSSR count). The third-order valence-corrected chi connectivity index (χ3v) is 5.82. The fraction of sp³-hybridized carbons (Fsp3) is 0.0800. The number of nitrogens with one attached hydrogen (secondary N) is 2. The van der Waals surface area contributed by atoms with Crippen LogP contribution in [-0.2, 0) is 9.59 Å². The molecule has 1 aliphatic heterocycles. The number of carbonyl (C=O) groups is 3. The Hall–Kier alpha value is -3.81. The van der Waals surface area contributed by atoms with Gasteiger partial charge in [-0.05, 0) is 73.2 Å². The average molecular weight is 496 g/mol. The van der Waals surface area contributed by atoms with Gasteiger partial charge in [0.15, 0.2) is 0 Å². The molecule has 3 aromatic rings. The van der Waals surface area contributed by atoms with Gasteiger partial charge in [0.25, 0.3) is 17.7 Å². The average Bonchev–Trinajstić information content (AvgIpc) is 3.04. The van der Waals surface area contributed by atoms with Gasteiger partial charge in [-0.3, -0.25) is 14.4 Å². The number of benzene rings is 3. The van der Waals surface area contributed by atoms with Crippen LogP contribution in [0.25, 0.3) is 0 Å². The molecule has 1 aliphatic rings. The Kier molecular flexibility index (Phi) is 6.58. The molecule has 0 aromatic heterocycles. The van der Waals surface area contributed by atoms with Gasteiger partial charge in [0, 0.05) is 22.0 Å². The highest BCUT2D eigenvalue weighted by Crippen LogP contribution is 2.31. The number of carbonyl (C=O) groups excluding carboxylic acids is 3. The number of amides is 3. The van der Waals surface area contributed by atoms with Gasteiger partial charge in [0.2, 0.25) is 0 Å². The van der Waals surface area contributed by atoms with Crippen LogP contribution in [-0.4, -0.2) is 24.8 Å². The van der Waals surface area contributed by atoms with Gasteiger partial charge in [-0.2, -0.15) is 0 Å². The lowest BCUT2D eigenvalue weighted by molar-refractivity contribution is -0.120. The molecule has 0 bridgehead atoms. The van der Waals surface area contributed by atoms with Crippen molar-refractivity contribution in [2.75, 3.05) is 22.6 Å². The van der Waals surface area contributed by atoms with Gasteiger partial charge < -0.3 is 15.4 Å². The van der Waals surface area contributed by atoms with Crippen molar-refractivity contribution >= 4 is 58.0 Å². The second-order valence-corrected chi connectivity index (χ2v) is 8.26. The van der Waals surface area contributed by atoms with Crippen LogP contribution in [0, 0.1) is 6.92 Å². The number of ether oxygens (including phenoxy) is 1. The summed E-state index contributed by atoms with van der Waals surface area (Å²) in [6.45, 7) is 1.81. The Morgan fingerprint density at radius 2 is 1.59 bits per heavy atom. The molecule has 3 amide bonds. The number of hydrogen-bond acceptors (Lipinski definition) is 5. The highest BCUT2D eigenvalue weighted by molar-refractivity contribution is 6.53. The van der Waals surface area contributed by atoms with Crippen LogP contribution in [0.5, 0.6) is 5.75 Å². The van der Waals surface area contributed by atoms with Crippen molar-refractivity contribution < 1.29 is 19.1 Å². The SMILES string of the molecule is COc1ccc(NC(=O)c2ccc(C)c(NC3=C(Cl)C(=O)N(c4ccc(Cl)cc4)C3=O)c2)cc1. The topological polar surface area (TPSA) is 87.7 Å². The molecule has 0 spiro atoms. The predicted molar refractivity (Wildman–Crippen MR) is 133 cm³/mol. The first-order chi connectivity index (χ1) is 16.3. The number of hydrogen-bond donors (Lipinski definition) is 2. The van der Waals surface area contributed by atoms with Crippen molar-refractivity contribution in [2.24, 2.45) is 0 Å². The number of methoxy groups -OCH3 is 1. The Bertz CT molecular complexity index is 1320. The molecule has 2 N–H and O–H groups in total. The molecule has 7 nitrogen and oxygen atoms in total. The largest absolute Gasteiger partial charge is 0.497 e. The van der Waals surface area contributed by atoms with E-state index in [9.17, 15) is 14.4 Å². The molecule has 0 aliphatic carbocycles. The molecule has 1 heterocycles. The van der Waals surface area contributed by atoms with Gasteiger partial charge >= 0.3 is 0 Å². The molecular formula is C25H19Cl2N3O4. The Morgan fingerprint density at radius 3 is 2.24 bits per heavy atom. The second kappa shape index (κ2) is 9.59. The molecule has 3 aromatic carbocycles. The zero-order valence-electron chi connectivity index (χ0n) is 18.2. The van der Waals surface area contributed by atoms with Crippen molar-refractivity contribution in [2.45, 2.75) is 6.92 Å². The Labute approximate surface area is 205 Å². The van der Waals surface area contributed by atoms with E-state index in [1.165, 1.54) is 0 Å². The van der Waals surface area contributed by atoms with E-state index in [1.807, 2.05) is 0 Å². The molecule has 9 heteroatoms. The Balaban J connectivity index is 1.56. The van der Waals surface area contributed by atoms with Crippen LogP contribution in [0.4, 0.5) is 17.1 Å². The fourth-order valence-electron chi connectivity index (χ4n) is 3.35. The standard InChI is InChI=1S/C25H19Cl2N3O4/c1-14-3-4-15(23(31)28-17-7-11-19(34-2)12-8-17)13-20(14)29-22-21(27)24(32)30(25(22)33)18-9-5-16(26)6-10-18/h3-13,29H,1-2H3,(H,28,31). The van der Waals surface area contributed by atoms with Gasteiger partial charge in [-0.1, -0.05) is 29.3 Å². The molecule has 172 valence electrons. The zero-order valence-corrected chi connectivity index (χ0v) is 19.7. The summed E-state index contributed by atoms with van der Waals surface area (Å²) in [5, 5.41) is 5.97. The number of imide groups is 1. The smallest absolute Gasteiger partial charge is 0.283 e. The molecule has 0 radical (unpaired) electrons. The van der Waals surface area contributed by atoms with Crippen LogP contribution in [0.15, 0.2) is 77.5 Å². The second-order valence-electron chi connectivity index (χ2n) is 7.45. The summed E-state index contributed by atoms with van der Waals surface area (Å²) in [6, 6.07) is 18.2. The molecule has 0 saturated carbocycles. The minimum absolute atomic E-state index is 0.0718. The number of halogens is 2. The van der Waals surface area contributed by atoms with Gasteiger partial charge in [0.1, 0.15) is 16.5 Å². The first-order valence-electron chi connectivity index (χ1n) is 10.2. The van der Waals surface area contributed by atoms with E-state index in [0.717, 1.165) is 10.5 Å². The maximum atomic E-state index is 13.0. The van der Waals surface area contributed by atoms with E-state index in [-0.39, 0.29) is 16.6 Å². The van der Waals surface area contributed by atoms with Gasteiger partial charge in [0.05, 0.1) is 12.8 Å². The maximum absolute atomic E-state index is 13.0. The van der Waals surface area contributed by atoms with Crippen LogP contribution in [0.3, 0.4) is 0 Å². The Morgan fingerprint density at radius 1 is 0.912 bits per heavy atom. The van der Waals surface area contributed by atoms with E-state index in [1.54, 1.807) is 80.8 Å². The molecular weight excluding hydrogens is 477 g/mol. The van der Waals surface area contributed by atoms with Crippen LogP contribution >= 0.6 is 23.2 Å². The van der Waals surface area contributed by atoms with Gasteiger partial charge in [-0.25, -0.2) is 4.90 Å². The quantitative estimate of drug-likeness (QED) is 0.450. The van der Waals surface area contributed by atoms with Crippen molar-refractivity contribution in [3.63, 3.8) is 0 Å².